The van der Waals surface area contributed by atoms with Gasteiger partial charge < -0.3 is 10.6 Å². The van der Waals surface area contributed by atoms with Crippen LogP contribution in [-0.2, 0) is 13.6 Å². The highest BCUT2D eigenvalue weighted by atomic mass is 35.5. The molecule has 136 valence electrons. The first-order chi connectivity index (χ1) is 12.3. The molecular weight excluding hydrogens is 391 g/mol. The number of aryl methyl sites for hydroxylation is 2. The Bertz CT molecular complexity index is 942. The first kappa shape index (κ1) is 18.7. The predicted molar refractivity (Wildman–Crippen MR) is 110 cm³/mol. The number of benzene rings is 1. The Labute approximate surface area is 167 Å². The number of nitrogens with zero attached hydrogens (tertiary/aromatic N) is 4. The first-order valence-electron chi connectivity index (χ1n) is 7.89. The van der Waals surface area contributed by atoms with Crippen molar-refractivity contribution in [3.8, 4) is 0 Å². The molecule has 0 aliphatic carbocycles. The Morgan fingerprint density at radius 2 is 1.81 bits per heavy atom. The molecule has 2 aromatic heterocycles. The van der Waals surface area contributed by atoms with Gasteiger partial charge in [0.05, 0.1) is 23.6 Å². The van der Waals surface area contributed by atoms with Crippen LogP contribution in [0.2, 0.25) is 10.0 Å². The SMILES string of the molecule is Cc1nn(C)c(C)c1NC(=S)Nc1ccn(Cc2c(Cl)cccc2Cl)n1. The molecule has 26 heavy (non-hydrogen) atoms. The molecule has 0 saturated carbocycles. The van der Waals surface area contributed by atoms with Crippen molar-refractivity contribution in [2.75, 3.05) is 10.6 Å². The van der Waals surface area contributed by atoms with Crippen LogP contribution in [-0.4, -0.2) is 24.7 Å². The summed E-state index contributed by atoms with van der Waals surface area (Å²) in [6.07, 6.45) is 1.84. The maximum Gasteiger partial charge on any atom is 0.176 e. The van der Waals surface area contributed by atoms with E-state index in [4.69, 9.17) is 35.4 Å². The summed E-state index contributed by atoms with van der Waals surface area (Å²) < 4.78 is 3.56. The number of halogens is 2. The maximum absolute atomic E-state index is 6.21. The zero-order valence-electron chi connectivity index (χ0n) is 14.5. The fourth-order valence-corrected chi connectivity index (χ4v) is 3.30. The third kappa shape index (κ3) is 4.00. The summed E-state index contributed by atoms with van der Waals surface area (Å²) in [5, 5.41) is 16.7. The van der Waals surface area contributed by atoms with E-state index in [0.29, 0.717) is 27.5 Å². The molecule has 9 heteroatoms. The molecule has 3 aromatic rings. The van der Waals surface area contributed by atoms with E-state index in [1.54, 1.807) is 4.68 Å². The Morgan fingerprint density at radius 1 is 1.12 bits per heavy atom. The van der Waals surface area contributed by atoms with E-state index in [1.165, 1.54) is 0 Å². The number of hydrogen-bond donors (Lipinski definition) is 2. The normalized spacial score (nSPS) is 10.8. The molecule has 2 N–H and O–H groups in total. The highest BCUT2D eigenvalue weighted by molar-refractivity contribution is 7.80. The first-order valence-corrected chi connectivity index (χ1v) is 9.06. The molecule has 2 heterocycles. The third-order valence-electron chi connectivity index (χ3n) is 4.01. The lowest BCUT2D eigenvalue weighted by molar-refractivity contribution is 0.690. The maximum atomic E-state index is 6.21. The van der Waals surface area contributed by atoms with E-state index in [1.807, 2.05) is 56.0 Å². The third-order valence-corrected chi connectivity index (χ3v) is 4.92. The Hall–Kier alpha value is -2.09. The average molecular weight is 409 g/mol. The van der Waals surface area contributed by atoms with Crippen molar-refractivity contribution < 1.29 is 0 Å². The Balaban J connectivity index is 1.67. The average Bonchev–Trinajstić information content (AvgIpc) is 3.11. The van der Waals surface area contributed by atoms with E-state index in [2.05, 4.69) is 20.8 Å². The molecule has 0 fully saturated rings. The van der Waals surface area contributed by atoms with Gasteiger partial charge in [-0.25, -0.2) is 0 Å². The number of hydrogen-bond acceptors (Lipinski definition) is 3. The summed E-state index contributed by atoms with van der Waals surface area (Å²) in [5.41, 5.74) is 3.61. The van der Waals surface area contributed by atoms with Gasteiger partial charge in [0.2, 0.25) is 0 Å². The van der Waals surface area contributed by atoms with Crippen molar-refractivity contribution in [3.05, 3.63) is 57.5 Å². The Kier molecular flexibility index (Phi) is 5.50. The number of rotatable bonds is 4. The van der Waals surface area contributed by atoms with Gasteiger partial charge >= 0.3 is 0 Å². The summed E-state index contributed by atoms with van der Waals surface area (Å²) >= 11 is 17.8. The van der Waals surface area contributed by atoms with Gasteiger partial charge in [0.15, 0.2) is 10.9 Å². The number of nitrogens with one attached hydrogen (secondary N) is 2. The van der Waals surface area contributed by atoms with Gasteiger partial charge in [-0.15, -0.1) is 0 Å². The molecule has 0 amide bonds. The molecule has 0 aliphatic rings. The minimum atomic E-state index is 0.449. The summed E-state index contributed by atoms with van der Waals surface area (Å²) in [6, 6.07) is 7.27. The van der Waals surface area contributed by atoms with Gasteiger partial charge in [0, 0.05) is 34.9 Å². The minimum Gasteiger partial charge on any atom is -0.329 e. The fourth-order valence-electron chi connectivity index (χ4n) is 2.58. The smallest absolute Gasteiger partial charge is 0.176 e. The molecule has 0 spiro atoms. The van der Waals surface area contributed by atoms with E-state index in [9.17, 15) is 0 Å². The summed E-state index contributed by atoms with van der Waals surface area (Å²) in [6.45, 7) is 4.38. The standard InChI is InChI=1S/C17H18Cl2N6S/c1-10-16(11(2)24(3)22-10)21-17(26)20-15-7-8-25(23-15)9-12-13(18)5-4-6-14(12)19/h4-8H,9H2,1-3H3,(H2,20,21,23,26). The topological polar surface area (TPSA) is 59.7 Å². The molecule has 0 aliphatic heterocycles. The second-order valence-corrected chi connectivity index (χ2v) is 7.07. The molecule has 0 atom stereocenters. The molecule has 0 unspecified atom stereocenters. The largest absolute Gasteiger partial charge is 0.329 e. The summed E-state index contributed by atoms with van der Waals surface area (Å²) in [5.74, 6) is 0.630. The summed E-state index contributed by atoms with van der Waals surface area (Å²) in [7, 11) is 1.89. The van der Waals surface area contributed by atoms with E-state index in [-0.39, 0.29) is 0 Å². The van der Waals surface area contributed by atoms with Crippen molar-refractivity contribution in [3.63, 3.8) is 0 Å². The second-order valence-electron chi connectivity index (χ2n) is 5.85. The summed E-state index contributed by atoms with van der Waals surface area (Å²) in [4.78, 5) is 0. The van der Waals surface area contributed by atoms with Gasteiger partial charge in [0.1, 0.15) is 0 Å². The number of anilines is 2. The van der Waals surface area contributed by atoms with Crippen LogP contribution in [0.1, 0.15) is 17.0 Å². The zero-order valence-corrected chi connectivity index (χ0v) is 16.9. The molecule has 1 aromatic carbocycles. The predicted octanol–water partition coefficient (Wildman–Crippen LogP) is 4.40. The lowest BCUT2D eigenvalue weighted by atomic mass is 10.2. The van der Waals surface area contributed by atoms with Crippen LogP contribution in [0.5, 0.6) is 0 Å². The van der Waals surface area contributed by atoms with Gasteiger partial charge in [-0.2, -0.15) is 10.2 Å². The van der Waals surface area contributed by atoms with E-state index >= 15 is 0 Å². The van der Waals surface area contributed by atoms with Gasteiger partial charge in [-0.1, -0.05) is 29.3 Å². The van der Waals surface area contributed by atoms with Crippen molar-refractivity contribution in [1.29, 1.82) is 0 Å². The van der Waals surface area contributed by atoms with Crippen LogP contribution >= 0.6 is 35.4 Å². The van der Waals surface area contributed by atoms with Crippen LogP contribution < -0.4 is 10.6 Å². The van der Waals surface area contributed by atoms with Crippen LogP contribution in [0.25, 0.3) is 0 Å². The number of aromatic nitrogens is 4. The monoisotopic (exact) mass is 408 g/mol. The molecule has 0 saturated heterocycles. The van der Waals surface area contributed by atoms with Crippen molar-refractivity contribution >= 4 is 52.0 Å². The fraction of sp³-hybridized carbons (Fsp3) is 0.235. The number of thiocarbonyl (C=S) groups is 1. The molecule has 0 bridgehead atoms. The molecular formula is C17H18Cl2N6S. The van der Waals surface area contributed by atoms with E-state index in [0.717, 1.165) is 22.6 Å². The molecule has 0 radical (unpaired) electrons. The molecule has 6 nitrogen and oxygen atoms in total. The molecule has 3 rings (SSSR count). The second kappa shape index (κ2) is 7.65. The zero-order chi connectivity index (χ0) is 18.8. The lowest BCUT2D eigenvalue weighted by Gasteiger charge is -2.09. The van der Waals surface area contributed by atoms with Gasteiger partial charge in [-0.3, -0.25) is 9.36 Å². The Morgan fingerprint density at radius 3 is 2.42 bits per heavy atom. The van der Waals surface area contributed by atoms with Crippen molar-refractivity contribution in [2.45, 2.75) is 20.4 Å². The van der Waals surface area contributed by atoms with Crippen molar-refractivity contribution in [1.82, 2.24) is 19.6 Å². The van der Waals surface area contributed by atoms with Crippen molar-refractivity contribution in [2.24, 2.45) is 7.05 Å². The van der Waals surface area contributed by atoms with Crippen LogP contribution in [0.4, 0.5) is 11.5 Å². The highest BCUT2D eigenvalue weighted by Crippen LogP contribution is 2.25. The van der Waals surface area contributed by atoms with Gasteiger partial charge in [-0.05, 0) is 38.2 Å². The van der Waals surface area contributed by atoms with Crippen LogP contribution in [0, 0.1) is 13.8 Å². The lowest BCUT2D eigenvalue weighted by Crippen LogP contribution is -2.20. The van der Waals surface area contributed by atoms with Crippen LogP contribution in [0.15, 0.2) is 30.5 Å². The minimum absolute atomic E-state index is 0.449. The van der Waals surface area contributed by atoms with Crippen LogP contribution in [0.3, 0.4) is 0 Å². The highest BCUT2D eigenvalue weighted by Gasteiger charge is 2.12. The quantitative estimate of drug-likeness (QED) is 0.626. The van der Waals surface area contributed by atoms with E-state index < -0.39 is 0 Å². The van der Waals surface area contributed by atoms with Gasteiger partial charge in [0.25, 0.3) is 0 Å².